The lowest BCUT2D eigenvalue weighted by atomic mass is 10.0. The van der Waals surface area contributed by atoms with Crippen LogP contribution in [0.4, 0.5) is 5.69 Å². The van der Waals surface area contributed by atoms with E-state index in [1.165, 1.54) is 9.75 Å². The van der Waals surface area contributed by atoms with Gasteiger partial charge in [-0.25, -0.2) is 0 Å². The van der Waals surface area contributed by atoms with Crippen LogP contribution in [0.5, 0.6) is 11.5 Å². The fourth-order valence-electron chi connectivity index (χ4n) is 3.54. The van der Waals surface area contributed by atoms with Crippen LogP contribution in [-0.2, 0) is 11.2 Å². The van der Waals surface area contributed by atoms with Crippen molar-refractivity contribution in [3.63, 3.8) is 0 Å². The molecular formula is C27H25NO3S. The molecule has 4 nitrogen and oxygen atoms in total. The molecule has 0 spiro atoms. The maximum atomic E-state index is 12.4. The number of hydrogen-bond donors (Lipinski definition) is 1. The van der Waals surface area contributed by atoms with Crippen LogP contribution in [0.1, 0.15) is 12.0 Å². The van der Waals surface area contributed by atoms with Gasteiger partial charge in [0, 0.05) is 21.9 Å². The zero-order valence-electron chi connectivity index (χ0n) is 18.1. The maximum absolute atomic E-state index is 12.4. The van der Waals surface area contributed by atoms with Crippen molar-refractivity contribution in [1.82, 2.24) is 0 Å². The van der Waals surface area contributed by atoms with Gasteiger partial charge >= 0.3 is 0 Å². The van der Waals surface area contributed by atoms with Crippen LogP contribution in [-0.4, -0.2) is 20.1 Å². The number of ether oxygens (including phenoxy) is 2. The van der Waals surface area contributed by atoms with Gasteiger partial charge in [0.25, 0.3) is 0 Å². The third-order valence-electron chi connectivity index (χ3n) is 5.20. The van der Waals surface area contributed by atoms with Gasteiger partial charge in [0.2, 0.25) is 5.91 Å². The summed E-state index contributed by atoms with van der Waals surface area (Å²) >= 11 is 1.73. The molecule has 0 radical (unpaired) electrons. The Morgan fingerprint density at radius 2 is 1.56 bits per heavy atom. The van der Waals surface area contributed by atoms with E-state index in [9.17, 15) is 4.79 Å². The number of aryl methyl sites for hydroxylation is 1. The van der Waals surface area contributed by atoms with E-state index in [0.29, 0.717) is 12.8 Å². The van der Waals surface area contributed by atoms with E-state index in [0.717, 1.165) is 33.9 Å². The molecule has 1 heterocycles. The lowest BCUT2D eigenvalue weighted by molar-refractivity contribution is -0.116. The SMILES string of the molecule is COc1cccc(-c2ccc(-c3ccc(OC)c(CCC(=O)Nc4ccccc4)c3)s2)c1. The van der Waals surface area contributed by atoms with Gasteiger partial charge in [-0.15, -0.1) is 11.3 Å². The Kier molecular flexibility index (Phi) is 6.87. The smallest absolute Gasteiger partial charge is 0.224 e. The highest BCUT2D eigenvalue weighted by Crippen LogP contribution is 2.37. The summed E-state index contributed by atoms with van der Waals surface area (Å²) in [5.41, 5.74) is 4.07. The normalized spacial score (nSPS) is 10.6. The number of carbonyl (C=O) groups is 1. The molecule has 5 heteroatoms. The van der Waals surface area contributed by atoms with E-state index in [2.05, 4.69) is 35.6 Å². The molecule has 32 heavy (non-hydrogen) atoms. The minimum Gasteiger partial charge on any atom is -0.497 e. The van der Waals surface area contributed by atoms with Crippen LogP contribution in [0.25, 0.3) is 20.9 Å². The van der Waals surface area contributed by atoms with Crippen LogP contribution in [0, 0.1) is 0 Å². The van der Waals surface area contributed by atoms with Gasteiger partial charge < -0.3 is 14.8 Å². The van der Waals surface area contributed by atoms with Crippen LogP contribution < -0.4 is 14.8 Å². The largest absolute Gasteiger partial charge is 0.497 e. The monoisotopic (exact) mass is 443 g/mol. The number of benzene rings is 3. The highest BCUT2D eigenvalue weighted by Gasteiger charge is 2.11. The second-order valence-corrected chi connectivity index (χ2v) is 8.42. The van der Waals surface area contributed by atoms with Crippen molar-refractivity contribution in [3.05, 3.63) is 90.5 Å². The summed E-state index contributed by atoms with van der Waals surface area (Å²) in [5.74, 6) is 1.63. The fraction of sp³-hybridized carbons (Fsp3) is 0.148. The zero-order chi connectivity index (χ0) is 22.3. The minimum atomic E-state index is -0.0138. The topological polar surface area (TPSA) is 47.6 Å². The molecule has 0 saturated heterocycles. The number of nitrogens with one attached hydrogen (secondary N) is 1. The molecule has 0 saturated carbocycles. The first kappa shape index (κ1) is 21.7. The molecule has 0 bridgehead atoms. The highest BCUT2D eigenvalue weighted by molar-refractivity contribution is 7.18. The standard InChI is InChI=1S/C27H25NO3S/c1-30-23-10-6-7-20(18-23)25-14-15-26(32-25)21-11-13-24(31-2)19(17-21)12-16-27(29)28-22-8-4-3-5-9-22/h3-11,13-15,17-18H,12,16H2,1-2H3,(H,28,29). The Labute approximate surface area is 192 Å². The van der Waals surface area contributed by atoms with Gasteiger partial charge in [0.1, 0.15) is 11.5 Å². The molecule has 4 rings (SSSR count). The van der Waals surface area contributed by atoms with E-state index >= 15 is 0 Å². The van der Waals surface area contributed by atoms with Crippen LogP contribution in [0.15, 0.2) is 84.9 Å². The minimum absolute atomic E-state index is 0.0138. The Bertz CT molecular complexity index is 1200. The summed E-state index contributed by atoms with van der Waals surface area (Å²) in [7, 11) is 3.34. The van der Waals surface area contributed by atoms with Crippen LogP contribution in [0.2, 0.25) is 0 Å². The molecule has 0 fully saturated rings. The van der Waals surface area contributed by atoms with Gasteiger partial charge in [-0.1, -0.05) is 30.3 Å². The fourth-order valence-corrected chi connectivity index (χ4v) is 4.54. The number of anilines is 1. The van der Waals surface area contributed by atoms with Crippen molar-refractivity contribution in [2.24, 2.45) is 0 Å². The Hall–Kier alpha value is -3.57. The molecule has 4 aromatic rings. The van der Waals surface area contributed by atoms with E-state index < -0.39 is 0 Å². The average molecular weight is 444 g/mol. The number of hydrogen-bond acceptors (Lipinski definition) is 4. The molecular weight excluding hydrogens is 418 g/mol. The Morgan fingerprint density at radius 1 is 0.812 bits per heavy atom. The summed E-state index contributed by atoms with van der Waals surface area (Å²) in [5, 5.41) is 2.94. The third-order valence-corrected chi connectivity index (χ3v) is 6.39. The molecule has 0 aliphatic rings. The summed E-state index contributed by atoms with van der Waals surface area (Å²) in [6.45, 7) is 0. The quantitative estimate of drug-likeness (QED) is 0.331. The van der Waals surface area contributed by atoms with Gasteiger partial charge in [-0.05, 0) is 77.7 Å². The van der Waals surface area contributed by atoms with Crippen molar-refractivity contribution >= 4 is 22.9 Å². The molecule has 0 atom stereocenters. The predicted octanol–water partition coefficient (Wildman–Crippen LogP) is 6.67. The molecule has 1 N–H and O–H groups in total. The first-order chi connectivity index (χ1) is 15.7. The van der Waals surface area contributed by atoms with Crippen LogP contribution >= 0.6 is 11.3 Å². The molecule has 1 amide bonds. The highest BCUT2D eigenvalue weighted by atomic mass is 32.1. The lowest BCUT2D eigenvalue weighted by Crippen LogP contribution is -2.12. The number of rotatable bonds is 8. The van der Waals surface area contributed by atoms with Gasteiger partial charge in [0.05, 0.1) is 14.2 Å². The number of para-hydroxylation sites is 1. The van der Waals surface area contributed by atoms with Crippen molar-refractivity contribution < 1.29 is 14.3 Å². The van der Waals surface area contributed by atoms with E-state index in [1.807, 2.05) is 54.6 Å². The van der Waals surface area contributed by atoms with Gasteiger partial charge in [0.15, 0.2) is 0 Å². The maximum Gasteiger partial charge on any atom is 0.224 e. The molecule has 1 aromatic heterocycles. The number of carbonyl (C=O) groups excluding carboxylic acids is 1. The van der Waals surface area contributed by atoms with Crippen molar-refractivity contribution in [3.8, 4) is 32.4 Å². The molecule has 0 unspecified atom stereocenters. The second-order valence-electron chi connectivity index (χ2n) is 7.34. The summed E-state index contributed by atoms with van der Waals surface area (Å²) < 4.78 is 10.9. The number of amides is 1. The summed E-state index contributed by atoms with van der Waals surface area (Å²) in [6, 6.07) is 28.0. The van der Waals surface area contributed by atoms with E-state index in [1.54, 1.807) is 25.6 Å². The van der Waals surface area contributed by atoms with Crippen LogP contribution in [0.3, 0.4) is 0 Å². The molecule has 3 aromatic carbocycles. The van der Waals surface area contributed by atoms with Gasteiger partial charge in [-0.2, -0.15) is 0 Å². The molecule has 0 aliphatic carbocycles. The van der Waals surface area contributed by atoms with E-state index in [-0.39, 0.29) is 5.91 Å². The summed E-state index contributed by atoms with van der Waals surface area (Å²) in [4.78, 5) is 14.7. The number of thiophene rings is 1. The molecule has 0 aliphatic heterocycles. The predicted molar refractivity (Wildman–Crippen MR) is 132 cm³/mol. The van der Waals surface area contributed by atoms with Crippen molar-refractivity contribution in [2.45, 2.75) is 12.8 Å². The first-order valence-corrected chi connectivity index (χ1v) is 11.2. The first-order valence-electron chi connectivity index (χ1n) is 10.4. The third kappa shape index (κ3) is 5.18. The Morgan fingerprint density at radius 3 is 2.28 bits per heavy atom. The Balaban J connectivity index is 1.50. The van der Waals surface area contributed by atoms with Crippen molar-refractivity contribution in [1.29, 1.82) is 0 Å². The zero-order valence-corrected chi connectivity index (χ0v) is 18.9. The van der Waals surface area contributed by atoms with E-state index in [4.69, 9.17) is 9.47 Å². The molecule has 162 valence electrons. The second kappa shape index (κ2) is 10.2. The van der Waals surface area contributed by atoms with Crippen molar-refractivity contribution in [2.75, 3.05) is 19.5 Å². The average Bonchev–Trinajstić information content (AvgIpc) is 3.34. The summed E-state index contributed by atoms with van der Waals surface area (Å²) in [6.07, 6.45) is 0.984. The van der Waals surface area contributed by atoms with Gasteiger partial charge in [-0.3, -0.25) is 4.79 Å². The number of methoxy groups -OCH3 is 2. The lowest BCUT2D eigenvalue weighted by Gasteiger charge is -2.11.